The van der Waals surface area contributed by atoms with Crippen LogP contribution in [-0.2, 0) is 5.41 Å². The molecule has 3 rings (SSSR count). The smallest absolute Gasteiger partial charge is 0.337 e. The third kappa shape index (κ3) is 5.08. The van der Waals surface area contributed by atoms with Gasteiger partial charge in [0.2, 0.25) is 5.95 Å². The Morgan fingerprint density at radius 1 is 1.26 bits per heavy atom. The van der Waals surface area contributed by atoms with Gasteiger partial charge in [-0.3, -0.25) is 14.3 Å². The largest absolute Gasteiger partial charge is 0.478 e. The predicted octanol–water partition coefficient (Wildman–Crippen LogP) is 2.98. The summed E-state index contributed by atoms with van der Waals surface area (Å²) in [6, 6.07) is 5.09. The second kappa shape index (κ2) is 8.99. The lowest BCUT2D eigenvalue weighted by molar-refractivity contribution is 0.0696. The Balaban J connectivity index is 1.82. The lowest BCUT2D eigenvalue weighted by Gasteiger charge is -2.30. The Hall–Kier alpha value is -3.69. The highest BCUT2D eigenvalue weighted by atomic mass is 19.1. The zero-order valence-electron chi connectivity index (χ0n) is 16.9. The zero-order chi connectivity index (χ0) is 22.6. The average Bonchev–Trinajstić information content (AvgIpc) is 2.73. The van der Waals surface area contributed by atoms with Crippen LogP contribution < -0.4 is 10.9 Å². The van der Waals surface area contributed by atoms with Gasteiger partial charge in [0.1, 0.15) is 5.82 Å². The lowest BCUT2D eigenvalue weighted by atomic mass is 9.81. The molecule has 3 aromatic heterocycles. The molecule has 0 aliphatic carbocycles. The normalized spacial score (nSPS) is 13.9. The van der Waals surface area contributed by atoms with Crippen molar-refractivity contribution in [2.45, 2.75) is 31.9 Å². The fourth-order valence-corrected chi connectivity index (χ4v) is 3.33. The summed E-state index contributed by atoms with van der Waals surface area (Å²) in [5, 5.41) is 12.1. The predicted molar refractivity (Wildman–Crippen MR) is 110 cm³/mol. The van der Waals surface area contributed by atoms with Gasteiger partial charge in [-0.15, -0.1) is 0 Å². The molecule has 10 heteroatoms. The molecule has 0 aromatic carbocycles. The molecule has 0 saturated heterocycles. The molecule has 8 nitrogen and oxygen atoms in total. The van der Waals surface area contributed by atoms with E-state index in [1.165, 1.54) is 49.9 Å². The number of hydrogen-bond acceptors (Lipinski definition) is 6. The van der Waals surface area contributed by atoms with Crippen LogP contribution in [0.15, 0.2) is 53.8 Å². The number of pyridine rings is 2. The molecule has 2 N–H and O–H groups in total. The van der Waals surface area contributed by atoms with Gasteiger partial charge >= 0.3 is 5.97 Å². The van der Waals surface area contributed by atoms with Crippen molar-refractivity contribution in [1.82, 2.24) is 19.5 Å². The average molecular weight is 429 g/mol. The number of nitrogens with one attached hydrogen (secondary N) is 1. The molecule has 0 fully saturated rings. The van der Waals surface area contributed by atoms with E-state index in [4.69, 9.17) is 5.11 Å². The molecule has 0 unspecified atom stereocenters. The summed E-state index contributed by atoms with van der Waals surface area (Å²) >= 11 is 0. The molecular weight excluding hydrogens is 408 g/mol. The number of carbonyl (C=O) groups is 1. The van der Waals surface area contributed by atoms with Gasteiger partial charge in [0.05, 0.1) is 35.5 Å². The number of aromatic nitrogens is 4. The number of alkyl halides is 1. The van der Waals surface area contributed by atoms with E-state index in [0.29, 0.717) is 0 Å². The van der Waals surface area contributed by atoms with Crippen LogP contribution in [-0.4, -0.2) is 43.3 Å². The van der Waals surface area contributed by atoms with E-state index >= 15 is 0 Å². The van der Waals surface area contributed by atoms with E-state index in [1.54, 1.807) is 6.92 Å². The fourth-order valence-electron chi connectivity index (χ4n) is 3.33. The minimum atomic E-state index is -1.19. The summed E-state index contributed by atoms with van der Waals surface area (Å²) in [7, 11) is 0. The molecule has 162 valence electrons. The molecule has 2 atom stereocenters. The summed E-state index contributed by atoms with van der Waals surface area (Å²) in [6.07, 6.45) is 4.17. The molecule has 31 heavy (non-hydrogen) atoms. The maximum atomic E-state index is 14.3. The standard InChI is InChI=1S/C21H21F2N5O3/c1-13(22)8-21(2,18-16(23)4-3-7-24-18)12-27-20-25-9-15(10-26-20)28-11-14(19(30)31)5-6-17(28)29/h3-7,9-11,13H,8,12H2,1-2H3,(H,30,31)(H,25,26,27)/t13-,21-/m1/s1. The Kier molecular flexibility index (Phi) is 6.38. The summed E-state index contributed by atoms with van der Waals surface area (Å²) in [4.78, 5) is 35.5. The zero-order valence-corrected chi connectivity index (χ0v) is 16.9. The van der Waals surface area contributed by atoms with Crippen LogP contribution in [0.5, 0.6) is 0 Å². The molecule has 3 heterocycles. The van der Waals surface area contributed by atoms with Crippen LogP contribution in [0.2, 0.25) is 0 Å². The molecular formula is C21H21F2N5O3. The first kappa shape index (κ1) is 22.0. The number of halogens is 2. The topological polar surface area (TPSA) is 110 Å². The van der Waals surface area contributed by atoms with Crippen LogP contribution >= 0.6 is 0 Å². The second-order valence-corrected chi connectivity index (χ2v) is 7.43. The highest BCUT2D eigenvalue weighted by molar-refractivity contribution is 5.87. The van der Waals surface area contributed by atoms with Gasteiger partial charge in [-0.1, -0.05) is 6.92 Å². The van der Waals surface area contributed by atoms with E-state index in [-0.39, 0.29) is 35.9 Å². The number of rotatable bonds is 8. The number of anilines is 1. The SMILES string of the molecule is C[C@@H](F)C[C@](C)(CNc1ncc(-n2cc(C(=O)O)ccc2=O)cn1)c1ncccc1F. The maximum Gasteiger partial charge on any atom is 0.337 e. The van der Waals surface area contributed by atoms with Crippen molar-refractivity contribution in [1.29, 1.82) is 0 Å². The Morgan fingerprint density at radius 3 is 2.58 bits per heavy atom. The van der Waals surface area contributed by atoms with Gasteiger partial charge in [0.25, 0.3) is 5.56 Å². The number of aromatic carboxylic acids is 1. The number of carboxylic acids is 1. The third-order valence-corrected chi connectivity index (χ3v) is 4.77. The van der Waals surface area contributed by atoms with Gasteiger partial charge in [-0.2, -0.15) is 0 Å². The van der Waals surface area contributed by atoms with Crippen LogP contribution in [0.3, 0.4) is 0 Å². The molecule has 0 amide bonds. The minimum Gasteiger partial charge on any atom is -0.478 e. The van der Waals surface area contributed by atoms with Crippen LogP contribution in [0, 0.1) is 5.82 Å². The van der Waals surface area contributed by atoms with Gasteiger partial charge in [0, 0.05) is 30.4 Å². The Morgan fingerprint density at radius 2 is 1.97 bits per heavy atom. The Labute approximate surface area is 176 Å². The first-order valence-corrected chi connectivity index (χ1v) is 9.47. The second-order valence-electron chi connectivity index (χ2n) is 7.43. The highest BCUT2D eigenvalue weighted by Gasteiger charge is 2.33. The van der Waals surface area contributed by atoms with Crippen molar-refractivity contribution in [3.05, 3.63) is 76.5 Å². The molecule has 0 spiro atoms. The van der Waals surface area contributed by atoms with Gasteiger partial charge < -0.3 is 10.4 Å². The van der Waals surface area contributed by atoms with E-state index in [9.17, 15) is 18.4 Å². The molecule has 0 aliphatic heterocycles. The first-order valence-electron chi connectivity index (χ1n) is 9.47. The van der Waals surface area contributed by atoms with Crippen LogP contribution in [0.25, 0.3) is 5.69 Å². The van der Waals surface area contributed by atoms with Crippen molar-refractivity contribution >= 4 is 11.9 Å². The molecule has 0 saturated carbocycles. The summed E-state index contributed by atoms with van der Waals surface area (Å²) in [6.45, 7) is 3.21. The van der Waals surface area contributed by atoms with E-state index in [1.807, 2.05) is 0 Å². The molecule has 0 bridgehead atoms. The number of nitrogens with zero attached hydrogens (tertiary/aromatic N) is 4. The lowest BCUT2D eigenvalue weighted by Crippen LogP contribution is -2.36. The van der Waals surface area contributed by atoms with E-state index < -0.39 is 28.9 Å². The number of carboxylic acid groups (broad SMARTS) is 1. The van der Waals surface area contributed by atoms with Crippen LogP contribution in [0.4, 0.5) is 14.7 Å². The maximum absolute atomic E-state index is 14.3. The van der Waals surface area contributed by atoms with Crippen molar-refractivity contribution in [3.8, 4) is 5.69 Å². The van der Waals surface area contributed by atoms with Gasteiger partial charge in [-0.05, 0) is 31.5 Å². The highest BCUT2D eigenvalue weighted by Crippen LogP contribution is 2.30. The van der Waals surface area contributed by atoms with Crippen molar-refractivity contribution in [2.24, 2.45) is 0 Å². The minimum absolute atomic E-state index is 0.0311. The third-order valence-electron chi connectivity index (χ3n) is 4.77. The quantitative estimate of drug-likeness (QED) is 0.566. The van der Waals surface area contributed by atoms with Crippen molar-refractivity contribution in [3.63, 3.8) is 0 Å². The van der Waals surface area contributed by atoms with Crippen LogP contribution in [0.1, 0.15) is 36.3 Å². The monoisotopic (exact) mass is 429 g/mol. The Bertz CT molecular complexity index is 1130. The van der Waals surface area contributed by atoms with Gasteiger partial charge in [-0.25, -0.2) is 23.5 Å². The fraction of sp³-hybridized carbons (Fsp3) is 0.286. The summed E-state index contributed by atoms with van der Waals surface area (Å²) < 4.78 is 29.3. The van der Waals surface area contributed by atoms with Crippen molar-refractivity contribution in [2.75, 3.05) is 11.9 Å². The number of hydrogen-bond donors (Lipinski definition) is 2. The van der Waals surface area contributed by atoms with E-state index in [2.05, 4.69) is 20.3 Å². The van der Waals surface area contributed by atoms with Gasteiger partial charge in [0.15, 0.2) is 0 Å². The molecule has 3 aromatic rings. The summed E-state index contributed by atoms with van der Waals surface area (Å²) in [5.74, 6) is -1.52. The molecule has 0 aliphatic rings. The first-order chi connectivity index (χ1) is 14.7. The van der Waals surface area contributed by atoms with E-state index in [0.717, 1.165) is 10.6 Å². The summed E-state index contributed by atoms with van der Waals surface area (Å²) in [5.41, 5.74) is -1.05. The van der Waals surface area contributed by atoms with Crippen molar-refractivity contribution < 1.29 is 18.7 Å². The molecule has 0 radical (unpaired) electrons.